The molecule has 2 aromatic rings. The summed E-state index contributed by atoms with van der Waals surface area (Å²) in [7, 11) is -1.53. The zero-order valence-corrected chi connectivity index (χ0v) is 16.0. The van der Waals surface area contributed by atoms with Gasteiger partial charge in [-0.15, -0.1) is 0 Å². The van der Waals surface area contributed by atoms with E-state index >= 15 is 0 Å². The molecule has 2 aromatic carbocycles. The van der Waals surface area contributed by atoms with Gasteiger partial charge in [-0.1, -0.05) is 29.8 Å². The number of halogens is 1. The van der Waals surface area contributed by atoms with E-state index in [2.05, 4.69) is 0 Å². The zero-order chi connectivity index (χ0) is 18.7. The minimum Gasteiger partial charge on any atom is -0.497 e. The summed E-state index contributed by atoms with van der Waals surface area (Å²) in [4.78, 5) is 14.7. The number of hydrogen-bond acceptors (Lipinski definition) is 4. The molecule has 0 saturated carbocycles. The third-order valence-electron chi connectivity index (χ3n) is 4.47. The maximum absolute atomic E-state index is 13.1. The Kier molecular flexibility index (Phi) is 5.53. The van der Waals surface area contributed by atoms with Crippen molar-refractivity contribution in [1.82, 2.24) is 4.90 Å². The maximum Gasteiger partial charge on any atom is 0.254 e. The lowest BCUT2D eigenvalue weighted by atomic mass is 10.1. The maximum atomic E-state index is 13.1. The van der Waals surface area contributed by atoms with Gasteiger partial charge >= 0.3 is 0 Å². The van der Waals surface area contributed by atoms with Crippen molar-refractivity contribution in [3.8, 4) is 5.75 Å². The van der Waals surface area contributed by atoms with Gasteiger partial charge in [-0.05, 0) is 42.3 Å². The van der Waals surface area contributed by atoms with Crippen molar-refractivity contribution in [2.75, 3.05) is 18.6 Å². The molecule has 1 saturated heterocycles. The van der Waals surface area contributed by atoms with Gasteiger partial charge in [-0.25, -0.2) is 8.42 Å². The summed E-state index contributed by atoms with van der Waals surface area (Å²) in [5.41, 5.74) is 1.33. The molecule has 1 aliphatic rings. The van der Waals surface area contributed by atoms with E-state index in [-0.39, 0.29) is 23.5 Å². The van der Waals surface area contributed by atoms with Crippen LogP contribution in [0.2, 0.25) is 5.02 Å². The first-order valence-corrected chi connectivity index (χ1v) is 10.5. The molecule has 0 N–H and O–H groups in total. The summed E-state index contributed by atoms with van der Waals surface area (Å²) in [6.45, 7) is 0.308. The second kappa shape index (κ2) is 7.68. The van der Waals surface area contributed by atoms with Crippen molar-refractivity contribution >= 4 is 27.3 Å². The molecule has 3 rings (SSSR count). The van der Waals surface area contributed by atoms with Crippen LogP contribution < -0.4 is 4.74 Å². The van der Waals surface area contributed by atoms with Crippen LogP contribution in [-0.4, -0.2) is 43.9 Å². The van der Waals surface area contributed by atoms with Crippen molar-refractivity contribution in [3.63, 3.8) is 0 Å². The Morgan fingerprint density at radius 1 is 1.23 bits per heavy atom. The van der Waals surface area contributed by atoms with Gasteiger partial charge in [0.25, 0.3) is 5.91 Å². The predicted molar refractivity (Wildman–Crippen MR) is 101 cm³/mol. The second-order valence-corrected chi connectivity index (χ2v) is 9.02. The van der Waals surface area contributed by atoms with Gasteiger partial charge < -0.3 is 9.64 Å². The molecule has 1 atom stereocenters. The Morgan fingerprint density at radius 3 is 2.65 bits per heavy atom. The topological polar surface area (TPSA) is 63.7 Å². The number of ether oxygens (including phenoxy) is 1. The van der Waals surface area contributed by atoms with E-state index in [9.17, 15) is 13.2 Å². The van der Waals surface area contributed by atoms with Gasteiger partial charge in [0.15, 0.2) is 9.84 Å². The van der Waals surface area contributed by atoms with E-state index in [1.54, 1.807) is 36.3 Å². The number of methoxy groups -OCH3 is 1. The first-order chi connectivity index (χ1) is 12.4. The minimum atomic E-state index is -3.11. The second-order valence-electron chi connectivity index (χ2n) is 6.35. The standard InChI is InChI=1S/C19H20ClNO4S/c1-25-18-7-2-4-14(10-18)12-21(17-8-9-26(23,24)13-17)19(22)15-5-3-6-16(20)11-15/h2-7,10-11,17H,8-9,12-13H2,1H3. The van der Waals surface area contributed by atoms with Crippen LogP contribution in [0.1, 0.15) is 22.3 Å². The molecule has 5 nitrogen and oxygen atoms in total. The van der Waals surface area contributed by atoms with E-state index in [4.69, 9.17) is 16.3 Å². The largest absolute Gasteiger partial charge is 0.497 e. The van der Waals surface area contributed by atoms with Crippen molar-refractivity contribution < 1.29 is 17.9 Å². The Hall–Kier alpha value is -2.05. The van der Waals surface area contributed by atoms with Crippen LogP contribution in [-0.2, 0) is 16.4 Å². The lowest BCUT2D eigenvalue weighted by molar-refractivity contribution is 0.0681. The molecule has 7 heteroatoms. The van der Waals surface area contributed by atoms with Crippen LogP contribution in [0.25, 0.3) is 0 Å². The van der Waals surface area contributed by atoms with Gasteiger partial charge in [0.1, 0.15) is 5.75 Å². The molecule has 0 radical (unpaired) electrons. The normalized spacial score (nSPS) is 18.5. The van der Waals surface area contributed by atoms with Crippen molar-refractivity contribution in [1.29, 1.82) is 0 Å². The lowest BCUT2D eigenvalue weighted by Crippen LogP contribution is -2.40. The van der Waals surface area contributed by atoms with Gasteiger partial charge in [0.2, 0.25) is 0 Å². The number of carbonyl (C=O) groups is 1. The highest BCUT2D eigenvalue weighted by molar-refractivity contribution is 7.91. The average Bonchev–Trinajstić information content (AvgIpc) is 2.99. The fourth-order valence-electron chi connectivity index (χ4n) is 3.14. The van der Waals surface area contributed by atoms with Crippen molar-refractivity contribution in [3.05, 3.63) is 64.7 Å². The summed E-state index contributed by atoms with van der Waals surface area (Å²) < 4.78 is 29.1. The third kappa shape index (κ3) is 4.37. The predicted octanol–water partition coefficient (Wildman–Crippen LogP) is 3.18. The van der Waals surface area contributed by atoms with E-state index in [0.29, 0.717) is 29.3 Å². The molecule has 0 bridgehead atoms. The number of sulfone groups is 1. The minimum absolute atomic E-state index is 0.0106. The highest BCUT2D eigenvalue weighted by Crippen LogP contribution is 2.24. The van der Waals surface area contributed by atoms with Crippen molar-refractivity contribution in [2.24, 2.45) is 0 Å². The fraction of sp³-hybridized carbons (Fsp3) is 0.316. The molecule has 1 aliphatic heterocycles. The van der Waals surface area contributed by atoms with E-state index in [1.807, 2.05) is 24.3 Å². The monoisotopic (exact) mass is 393 g/mol. The van der Waals surface area contributed by atoms with Gasteiger partial charge in [-0.2, -0.15) is 0 Å². The Morgan fingerprint density at radius 2 is 2.00 bits per heavy atom. The van der Waals surface area contributed by atoms with Crippen LogP contribution in [0.5, 0.6) is 5.75 Å². The molecule has 1 unspecified atom stereocenters. The summed E-state index contributed by atoms with van der Waals surface area (Å²) in [5.74, 6) is 0.562. The number of hydrogen-bond donors (Lipinski definition) is 0. The van der Waals surface area contributed by atoms with Crippen LogP contribution in [0.15, 0.2) is 48.5 Å². The summed E-state index contributed by atoms with van der Waals surface area (Å²) in [6.07, 6.45) is 0.443. The van der Waals surface area contributed by atoms with Crippen LogP contribution in [0, 0.1) is 0 Å². The third-order valence-corrected chi connectivity index (χ3v) is 6.45. The molecular formula is C19H20ClNO4S. The average molecular weight is 394 g/mol. The summed E-state index contributed by atoms with van der Waals surface area (Å²) >= 11 is 6.02. The van der Waals surface area contributed by atoms with Gasteiger partial charge in [-0.3, -0.25) is 4.79 Å². The molecule has 1 amide bonds. The Labute approximate surface area is 158 Å². The molecule has 0 aromatic heterocycles. The molecule has 1 heterocycles. The number of carbonyl (C=O) groups excluding carboxylic acids is 1. The smallest absolute Gasteiger partial charge is 0.254 e. The van der Waals surface area contributed by atoms with Gasteiger partial charge in [0, 0.05) is 23.2 Å². The molecule has 0 aliphatic carbocycles. The first kappa shape index (κ1) is 18.7. The lowest BCUT2D eigenvalue weighted by Gasteiger charge is -2.28. The van der Waals surface area contributed by atoms with E-state index in [1.165, 1.54) is 0 Å². The van der Waals surface area contributed by atoms with Crippen LogP contribution in [0.3, 0.4) is 0 Å². The molecule has 138 valence electrons. The zero-order valence-electron chi connectivity index (χ0n) is 14.4. The fourth-order valence-corrected chi connectivity index (χ4v) is 5.06. The van der Waals surface area contributed by atoms with Crippen LogP contribution >= 0.6 is 11.6 Å². The van der Waals surface area contributed by atoms with Gasteiger partial charge in [0.05, 0.1) is 18.6 Å². The van der Waals surface area contributed by atoms with E-state index < -0.39 is 9.84 Å². The Bertz CT molecular complexity index is 913. The summed E-state index contributed by atoms with van der Waals surface area (Å²) in [6, 6.07) is 13.8. The molecule has 1 fully saturated rings. The first-order valence-electron chi connectivity index (χ1n) is 8.28. The molecular weight excluding hydrogens is 374 g/mol. The summed E-state index contributed by atoms with van der Waals surface area (Å²) in [5, 5.41) is 0.469. The number of nitrogens with zero attached hydrogens (tertiary/aromatic N) is 1. The number of rotatable bonds is 5. The SMILES string of the molecule is COc1cccc(CN(C(=O)c2cccc(Cl)c2)C2CCS(=O)(=O)C2)c1. The number of amides is 1. The highest BCUT2D eigenvalue weighted by Gasteiger charge is 2.35. The number of benzene rings is 2. The van der Waals surface area contributed by atoms with Crippen molar-refractivity contribution in [2.45, 2.75) is 19.0 Å². The quantitative estimate of drug-likeness (QED) is 0.782. The molecule has 0 spiro atoms. The van der Waals surface area contributed by atoms with E-state index in [0.717, 1.165) is 5.56 Å². The highest BCUT2D eigenvalue weighted by atomic mass is 35.5. The Balaban J connectivity index is 1.92. The molecule has 26 heavy (non-hydrogen) atoms. The van der Waals surface area contributed by atoms with Crippen LogP contribution in [0.4, 0.5) is 0 Å².